The van der Waals surface area contributed by atoms with Crippen molar-refractivity contribution in [2.24, 2.45) is 5.16 Å². The average Bonchev–Trinajstić information content (AvgIpc) is 3.38. The van der Waals surface area contributed by atoms with E-state index in [1.165, 1.54) is 48.0 Å². The first-order valence-corrected chi connectivity index (χ1v) is 18.6. The molecule has 0 spiro atoms. The number of likely N-dealkylation sites (tertiary alicyclic amines) is 1. The quantitative estimate of drug-likeness (QED) is 0.0505. The van der Waals surface area contributed by atoms with Crippen molar-refractivity contribution >= 4 is 75.2 Å². The minimum atomic E-state index is -1.80. The number of nitrogens with one attached hydrogen (secondary N) is 2. The Hall–Kier alpha value is -4.59. The summed E-state index contributed by atoms with van der Waals surface area (Å²) in [5.41, 5.74) is 3.93. The van der Waals surface area contributed by atoms with E-state index in [1.54, 1.807) is 0 Å². The molecule has 8 N–H and O–H groups in total. The van der Waals surface area contributed by atoms with E-state index in [9.17, 15) is 44.4 Å². The molecule has 3 aliphatic heterocycles. The van der Waals surface area contributed by atoms with Gasteiger partial charge in [0.05, 0.1) is 36.8 Å². The number of carboxylic acid groups (broad SMARTS) is 2. The number of phenolic OH excluding ortho intramolecular Hbond substituents is 2. The molecule has 4 heterocycles. The highest BCUT2D eigenvalue weighted by Gasteiger charge is 2.55. The Morgan fingerprint density at radius 3 is 2.46 bits per heavy atom. The van der Waals surface area contributed by atoms with Gasteiger partial charge in [-0.1, -0.05) is 16.8 Å². The largest absolute Gasteiger partial charge is 0.504 e. The number of carboxylic acids is 2. The predicted molar refractivity (Wildman–Crippen MR) is 191 cm³/mol. The van der Waals surface area contributed by atoms with Crippen LogP contribution in [0.2, 0.25) is 5.02 Å². The monoisotopic (exact) mass is 780 g/mol. The number of hydrogen-bond donors (Lipinski definition) is 7. The average molecular weight is 781 g/mol. The van der Waals surface area contributed by atoms with Gasteiger partial charge in [0.1, 0.15) is 29.4 Å². The van der Waals surface area contributed by atoms with Crippen LogP contribution in [0.4, 0.5) is 5.13 Å². The number of halogens is 1. The van der Waals surface area contributed by atoms with Gasteiger partial charge < -0.3 is 46.1 Å². The predicted octanol–water partition coefficient (Wildman–Crippen LogP) is 1.93. The molecule has 3 amide bonds. The lowest BCUT2D eigenvalue weighted by molar-refractivity contribution is -0.922. The molecule has 52 heavy (non-hydrogen) atoms. The van der Waals surface area contributed by atoms with E-state index in [-0.39, 0.29) is 39.4 Å². The van der Waals surface area contributed by atoms with Gasteiger partial charge in [-0.15, -0.1) is 23.1 Å². The SMILES string of the molecule is CC(C)(O/N=C(\C(=O)N[C@@H]1C(=O)N2C(C(=O)O)=C(C[N+]3(CCNC(=O)c4ccc(O)c(O)c4Cl)CCCCCC3)CS[C@H]12)c1csc(N)n1)C(=O)O. The summed E-state index contributed by atoms with van der Waals surface area (Å²) >= 11 is 8.39. The number of oxime groups is 1. The van der Waals surface area contributed by atoms with Crippen molar-refractivity contribution in [3.8, 4) is 11.5 Å². The number of phenols is 2. The normalized spacial score (nSPS) is 20.3. The fourth-order valence-electron chi connectivity index (χ4n) is 6.27. The molecule has 2 atom stereocenters. The molecule has 3 aliphatic rings. The summed E-state index contributed by atoms with van der Waals surface area (Å²) < 4.78 is 0.470. The van der Waals surface area contributed by atoms with E-state index in [0.717, 1.165) is 50.1 Å². The number of thioether (sulfide) groups is 1. The molecule has 2 saturated heterocycles. The Kier molecular flexibility index (Phi) is 11.6. The Labute approximate surface area is 311 Å². The van der Waals surface area contributed by atoms with Crippen LogP contribution in [0.15, 0.2) is 33.9 Å². The molecule has 0 bridgehead atoms. The highest BCUT2D eigenvalue weighted by atomic mass is 35.5. The van der Waals surface area contributed by atoms with Crippen LogP contribution in [0.3, 0.4) is 0 Å². The molecule has 0 radical (unpaired) electrons. The standard InChI is InChI=1S/C32H38ClN7O10S2/c1-32(2,30(48)49)50-38-21(18-15-52-31(34)36-18)26(44)37-22-27(45)39-23(29(46)47)16(14-51-28(22)39)13-40(10-5-3-4-6-11-40)12-9-35-25(43)17-7-8-19(41)24(42)20(17)33/h7-8,15,22,28H,3-6,9-14H2,1-2H3,(H7-,34,35,36,37,38,41,42,43,44,46,47,48,49)/p+1/t22-,28-/m1/s1. The van der Waals surface area contributed by atoms with Crippen LogP contribution in [0.1, 0.15) is 55.6 Å². The van der Waals surface area contributed by atoms with E-state index in [0.29, 0.717) is 23.1 Å². The van der Waals surface area contributed by atoms with Crippen LogP contribution in [0, 0.1) is 0 Å². The maximum absolute atomic E-state index is 13.6. The number of amides is 3. The van der Waals surface area contributed by atoms with Gasteiger partial charge in [-0.05, 0) is 51.7 Å². The molecule has 5 rings (SSSR count). The Morgan fingerprint density at radius 1 is 1.15 bits per heavy atom. The summed E-state index contributed by atoms with van der Waals surface area (Å²) in [5.74, 6) is -5.49. The number of aromatic hydroxyl groups is 2. The number of anilines is 1. The highest BCUT2D eigenvalue weighted by Crippen LogP contribution is 2.41. The number of nitrogen functional groups attached to an aromatic ring is 1. The number of nitrogens with two attached hydrogens (primary N) is 1. The number of fused-ring (bicyclic) bond motifs is 1. The maximum Gasteiger partial charge on any atom is 0.352 e. The second-order valence-electron chi connectivity index (χ2n) is 13.2. The molecule has 1 aromatic carbocycles. The van der Waals surface area contributed by atoms with Gasteiger partial charge in [0.25, 0.3) is 17.7 Å². The third kappa shape index (κ3) is 8.06. The number of carbonyl (C=O) groups is 5. The molecule has 2 aromatic rings. The Morgan fingerprint density at radius 2 is 1.85 bits per heavy atom. The highest BCUT2D eigenvalue weighted by molar-refractivity contribution is 8.00. The second-order valence-corrected chi connectivity index (χ2v) is 15.5. The van der Waals surface area contributed by atoms with Crippen LogP contribution >= 0.6 is 34.7 Å². The summed E-state index contributed by atoms with van der Waals surface area (Å²) in [6.45, 7) is 4.89. The van der Waals surface area contributed by atoms with E-state index in [2.05, 4.69) is 20.8 Å². The summed E-state index contributed by atoms with van der Waals surface area (Å²) in [6, 6.07) is 1.35. The van der Waals surface area contributed by atoms with Crippen molar-refractivity contribution in [1.29, 1.82) is 0 Å². The first-order valence-electron chi connectivity index (χ1n) is 16.3. The van der Waals surface area contributed by atoms with Crippen molar-refractivity contribution in [2.75, 3.05) is 44.2 Å². The third-order valence-corrected chi connectivity index (χ3v) is 11.5. The van der Waals surface area contributed by atoms with Gasteiger partial charge in [0.15, 0.2) is 22.3 Å². The smallest absolute Gasteiger partial charge is 0.352 e. The number of rotatable bonds is 13. The topological polar surface area (TPSA) is 254 Å². The molecule has 17 nitrogen and oxygen atoms in total. The van der Waals surface area contributed by atoms with Crippen LogP contribution in [0.5, 0.6) is 11.5 Å². The summed E-state index contributed by atoms with van der Waals surface area (Å²) in [4.78, 5) is 74.6. The zero-order valence-electron chi connectivity index (χ0n) is 28.3. The van der Waals surface area contributed by atoms with Gasteiger partial charge in [0, 0.05) is 16.7 Å². The number of nitrogens with zero attached hydrogens (tertiary/aromatic N) is 4. The van der Waals surface area contributed by atoms with E-state index >= 15 is 0 Å². The molecule has 1 aromatic heterocycles. The summed E-state index contributed by atoms with van der Waals surface area (Å²) in [7, 11) is 0. The fourth-order valence-corrected chi connectivity index (χ4v) is 8.40. The number of quaternary nitrogens is 1. The number of thiazole rings is 1. The van der Waals surface area contributed by atoms with Gasteiger partial charge in [0.2, 0.25) is 5.60 Å². The lowest BCUT2D eigenvalue weighted by Gasteiger charge is -2.50. The number of β-lactam (4-membered cyclic amide) rings is 1. The van der Waals surface area contributed by atoms with Crippen LogP contribution in [-0.2, 0) is 24.0 Å². The molecule has 280 valence electrons. The minimum absolute atomic E-state index is 0.00138. The second kappa shape index (κ2) is 15.6. The molecular weight excluding hydrogens is 742 g/mol. The number of aliphatic carboxylic acids is 2. The Balaban J connectivity index is 1.33. The molecule has 2 fully saturated rings. The first kappa shape index (κ1) is 38.6. The number of aromatic nitrogens is 1. The molecular formula is C32H39ClN7O10S2+. The van der Waals surface area contributed by atoms with Crippen molar-refractivity contribution < 1.29 is 53.7 Å². The Bertz CT molecular complexity index is 1840. The maximum atomic E-state index is 13.6. The fraction of sp³-hybridized carbons (Fsp3) is 0.469. The van der Waals surface area contributed by atoms with Crippen molar-refractivity contribution in [3.05, 3.63) is 45.1 Å². The van der Waals surface area contributed by atoms with E-state index in [1.807, 2.05) is 0 Å². The number of carbonyl (C=O) groups excluding carboxylic acids is 3. The van der Waals surface area contributed by atoms with E-state index in [4.69, 9.17) is 22.2 Å². The van der Waals surface area contributed by atoms with Gasteiger partial charge in [-0.25, -0.2) is 14.6 Å². The molecule has 0 saturated carbocycles. The lowest BCUT2D eigenvalue weighted by Crippen LogP contribution is -2.71. The van der Waals surface area contributed by atoms with E-state index < -0.39 is 63.9 Å². The summed E-state index contributed by atoms with van der Waals surface area (Å²) in [6.07, 6.45) is 3.77. The number of hydrogen-bond acceptors (Lipinski definition) is 13. The lowest BCUT2D eigenvalue weighted by atomic mass is 10.0. The summed E-state index contributed by atoms with van der Waals surface area (Å²) in [5, 5.41) is 49.1. The molecule has 20 heteroatoms. The van der Waals surface area contributed by atoms with Crippen LogP contribution in [-0.4, -0.2) is 126 Å². The zero-order chi connectivity index (χ0) is 38.0. The van der Waals surface area contributed by atoms with Crippen LogP contribution < -0.4 is 16.4 Å². The third-order valence-electron chi connectivity index (χ3n) is 9.15. The molecule has 0 unspecified atom stereocenters. The van der Waals surface area contributed by atoms with Crippen molar-refractivity contribution in [2.45, 2.75) is 56.5 Å². The van der Waals surface area contributed by atoms with Gasteiger partial charge in [-0.2, -0.15) is 0 Å². The number of benzene rings is 1. The van der Waals surface area contributed by atoms with Gasteiger partial charge in [-0.3, -0.25) is 19.3 Å². The van der Waals surface area contributed by atoms with Gasteiger partial charge >= 0.3 is 11.9 Å². The van der Waals surface area contributed by atoms with Crippen molar-refractivity contribution in [3.63, 3.8) is 0 Å². The molecule has 0 aliphatic carbocycles. The van der Waals surface area contributed by atoms with Crippen molar-refractivity contribution in [1.82, 2.24) is 20.5 Å². The first-order chi connectivity index (χ1) is 24.5. The zero-order valence-corrected chi connectivity index (χ0v) is 30.6. The minimum Gasteiger partial charge on any atom is -0.504 e. The van der Waals surface area contributed by atoms with Crippen LogP contribution in [0.25, 0.3) is 0 Å².